The molecule has 1 aromatic carbocycles. The van der Waals surface area contributed by atoms with Crippen molar-refractivity contribution in [2.45, 2.75) is 18.8 Å². The molecule has 1 aromatic rings. The average Bonchev–Trinajstić information content (AvgIpc) is 3.11. The molecule has 0 radical (unpaired) electrons. The summed E-state index contributed by atoms with van der Waals surface area (Å²) in [6, 6.07) is 12.1. The molecule has 3 rings (SSSR count). The molecule has 1 fully saturated rings. The van der Waals surface area contributed by atoms with Crippen molar-refractivity contribution in [2.24, 2.45) is 21.6 Å². The van der Waals surface area contributed by atoms with E-state index < -0.39 is 22.7 Å². The lowest BCUT2D eigenvalue weighted by Gasteiger charge is -2.29. The van der Waals surface area contributed by atoms with Gasteiger partial charge >= 0.3 is 0 Å². The van der Waals surface area contributed by atoms with Crippen LogP contribution in [-0.2, 0) is 9.47 Å². The molecular formula is C16H16N4O2. The third kappa shape index (κ3) is 1.24. The van der Waals surface area contributed by atoms with Crippen LogP contribution in [0.4, 0.5) is 0 Å². The molecule has 1 heterocycles. The summed E-state index contributed by atoms with van der Waals surface area (Å²) in [7, 11) is 2.80. The van der Waals surface area contributed by atoms with Gasteiger partial charge in [-0.2, -0.15) is 10.5 Å². The highest BCUT2D eigenvalue weighted by molar-refractivity contribution is 6.00. The number of benzene rings is 1. The lowest BCUT2D eigenvalue weighted by atomic mass is 9.93. The first-order chi connectivity index (χ1) is 10.5. The van der Waals surface area contributed by atoms with Gasteiger partial charge in [-0.05, 0) is 12.5 Å². The highest BCUT2D eigenvalue weighted by Gasteiger charge is 2.93. The minimum absolute atomic E-state index is 0.0896. The number of methoxy groups -OCH3 is 2. The Labute approximate surface area is 128 Å². The van der Waals surface area contributed by atoms with Gasteiger partial charge in [-0.25, -0.2) is 4.99 Å². The highest BCUT2D eigenvalue weighted by atomic mass is 16.7. The molecule has 0 bridgehead atoms. The Hall–Kier alpha value is -2.41. The summed E-state index contributed by atoms with van der Waals surface area (Å²) in [5.41, 5.74) is 5.43. The summed E-state index contributed by atoms with van der Waals surface area (Å²) < 4.78 is 10.8. The molecular weight excluding hydrogens is 280 g/mol. The zero-order valence-electron chi connectivity index (χ0n) is 12.6. The van der Waals surface area contributed by atoms with E-state index in [9.17, 15) is 10.5 Å². The molecule has 6 nitrogen and oxygen atoms in total. The maximum Gasteiger partial charge on any atom is 0.292 e. The van der Waals surface area contributed by atoms with Crippen LogP contribution in [0.2, 0.25) is 0 Å². The van der Waals surface area contributed by atoms with Crippen molar-refractivity contribution >= 4 is 5.84 Å². The maximum absolute atomic E-state index is 9.89. The number of amidine groups is 1. The van der Waals surface area contributed by atoms with Gasteiger partial charge in [0.2, 0.25) is 0 Å². The largest absolute Gasteiger partial charge is 0.386 e. The number of ether oxygens (including phenoxy) is 2. The predicted octanol–water partition coefficient (Wildman–Crippen LogP) is 1.43. The number of nitriles is 2. The Kier molecular flexibility index (Phi) is 2.84. The van der Waals surface area contributed by atoms with Crippen LogP contribution in [0.15, 0.2) is 29.3 Å². The Balaban J connectivity index is 2.26. The van der Waals surface area contributed by atoms with Crippen LogP contribution in [0.1, 0.15) is 17.0 Å². The molecule has 0 aromatic heterocycles. The molecule has 1 aliphatic carbocycles. The van der Waals surface area contributed by atoms with Gasteiger partial charge < -0.3 is 15.2 Å². The number of nitrogens with zero attached hydrogens (tertiary/aromatic N) is 3. The molecule has 1 saturated carbocycles. The standard InChI is InChI=1S/C16H16N4O2/c1-10-5-4-6-11(7-10)12-14(8-17)13(19)20-16(21-2,22-3)15(12,14)9-18/h4-7,12H,1-3H3,(H2,19,20)/t12-,14-,15-/m0/s1. The smallest absolute Gasteiger partial charge is 0.292 e. The fraction of sp³-hybridized carbons (Fsp3) is 0.438. The van der Waals surface area contributed by atoms with Crippen LogP contribution in [0, 0.1) is 40.4 Å². The van der Waals surface area contributed by atoms with E-state index in [4.69, 9.17) is 15.2 Å². The second-order valence-electron chi connectivity index (χ2n) is 5.67. The number of aliphatic imine (C=N–C) groups is 1. The van der Waals surface area contributed by atoms with Gasteiger partial charge in [0.15, 0.2) is 5.41 Å². The fourth-order valence-corrected chi connectivity index (χ4v) is 3.87. The molecule has 0 spiro atoms. The first-order valence-corrected chi connectivity index (χ1v) is 6.85. The third-order valence-corrected chi connectivity index (χ3v) is 4.86. The number of rotatable bonds is 3. The Morgan fingerprint density at radius 1 is 1.23 bits per heavy atom. The second kappa shape index (κ2) is 4.30. The van der Waals surface area contributed by atoms with E-state index in [1.807, 2.05) is 31.2 Å². The molecule has 2 aliphatic rings. The van der Waals surface area contributed by atoms with E-state index in [-0.39, 0.29) is 5.84 Å². The second-order valence-corrected chi connectivity index (χ2v) is 5.67. The number of nitrogens with two attached hydrogens (primary N) is 1. The summed E-state index contributed by atoms with van der Waals surface area (Å²) in [5.74, 6) is -1.91. The van der Waals surface area contributed by atoms with Crippen LogP contribution in [0.5, 0.6) is 0 Å². The summed E-state index contributed by atoms with van der Waals surface area (Å²) >= 11 is 0. The van der Waals surface area contributed by atoms with Gasteiger partial charge in [-0.15, -0.1) is 0 Å². The number of hydrogen-bond acceptors (Lipinski definition) is 6. The van der Waals surface area contributed by atoms with Gasteiger partial charge in [0.1, 0.15) is 11.3 Å². The molecule has 6 heteroatoms. The van der Waals surface area contributed by atoms with Crippen molar-refractivity contribution in [1.82, 2.24) is 0 Å². The monoisotopic (exact) mass is 296 g/mol. The lowest BCUT2D eigenvalue weighted by molar-refractivity contribution is -0.230. The summed E-state index contributed by atoms with van der Waals surface area (Å²) in [5, 5.41) is 19.7. The van der Waals surface area contributed by atoms with Crippen molar-refractivity contribution in [2.75, 3.05) is 14.2 Å². The number of aryl methyl sites for hydroxylation is 1. The quantitative estimate of drug-likeness (QED) is 0.849. The Morgan fingerprint density at radius 2 is 1.91 bits per heavy atom. The van der Waals surface area contributed by atoms with Crippen molar-refractivity contribution in [3.8, 4) is 12.1 Å². The van der Waals surface area contributed by atoms with E-state index in [2.05, 4.69) is 17.1 Å². The van der Waals surface area contributed by atoms with Crippen LogP contribution in [0.3, 0.4) is 0 Å². The van der Waals surface area contributed by atoms with E-state index in [1.165, 1.54) is 14.2 Å². The van der Waals surface area contributed by atoms with Gasteiger partial charge in [-0.1, -0.05) is 29.8 Å². The Bertz CT molecular complexity index is 756. The molecule has 112 valence electrons. The van der Waals surface area contributed by atoms with E-state index in [0.717, 1.165) is 11.1 Å². The first kappa shape index (κ1) is 14.5. The van der Waals surface area contributed by atoms with Gasteiger partial charge in [0, 0.05) is 20.1 Å². The predicted molar refractivity (Wildman–Crippen MR) is 78.4 cm³/mol. The molecule has 22 heavy (non-hydrogen) atoms. The van der Waals surface area contributed by atoms with Gasteiger partial charge in [-0.3, -0.25) is 0 Å². The molecule has 3 atom stereocenters. The average molecular weight is 296 g/mol. The minimum atomic E-state index is -1.56. The number of hydrogen-bond donors (Lipinski definition) is 1. The van der Waals surface area contributed by atoms with Crippen molar-refractivity contribution in [3.63, 3.8) is 0 Å². The van der Waals surface area contributed by atoms with Crippen molar-refractivity contribution < 1.29 is 9.47 Å². The summed E-state index contributed by atoms with van der Waals surface area (Å²) in [6.07, 6.45) is 0. The summed E-state index contributed by atoms with van der Waals surface area (Å²) in [4.78, 5) is 4.18. The third-order valence-electron chi connectivity index (χ3n) is 4.86. The zero-order chi connectivity index (χ0) is 16.2. The molecule has 0 unspecified atom stereocenters. The number of fused-ring (bicyclic) bond motifs is 1. The van der Waals surface area contributed by atoms with Gasteiger partial charge in [0.25, 0.3) is 5.91 Å². The molecule has 1 aliphatic heterocycles. The SMILES string of the molecule is COC1(OC)N=C(N)[C@]2(C#N)[C@H](c3cccc(C)c3)[C@]12C#N. The maximum atomic E-state index is 9.89. The molecule has 0 amide bonds. The summed E-state index contributed by atoms with van der Waals surface area (Å²) in [6.45, 7) is 1.96. The van der Waals surface area contributed by atoms with Crippen LogP contribution >= 0.6 is 0 Å². The van der Waals surface area contributed by atoms with E-state index in [1.54, 1.807) is 0 Å². The Morgan fingerprint density at radius 3 is 2.41 bits per heavy atom. The van der Waals surface area contributed by atoms with Crippen LogP contribution in [-0.4, -0.2) is 26.0 Å². The topological polar surface area (TPSA) is 104 Å². The first-order valence-electron chi connectivity index (χ1n) is 6.85. The van der Waals surface area contributed by atoms with Crippen LogP contribution < -0.4 is 5.73 Å². The van der Waals surface area contributed by atoms with Crippen LogP contribution in [0.25, 0.3) is 0 Å². The fourth-order valence-electron chi connectivity index (χ4n) is 3.87. The van der Waals surface area contributed by atoms with E-state index in [0.29, 0.717) is 0 Å². The molecule has 0 saturated heterocycles. The van der Waals surface area contributed by atoms with Crippen molar-refractivity contribution in [3.05, 3.63) is 35.4 Å². The molecule has 2 N–H and O–H groups in total. The zero-order valence-corrected chi connectivity index (χ0v) is 12.6. The lowest BCUT2D eigenvalue weighted by Crippen LogP contribution is -2.41. The van der Waals surface area contributed by atoms with Gasteiger partial charge in [0.05, 0.1) is 12.1 Å². The van der Waals surface area contributed by atoms with Crippen molar-refractivity contribution in [1.29, 1.82) is 10.5 Å². The normalized spacial score (nSPS) is 34.2. The minimum Gasteiger partial charge on any atom is -0.386 e. The van der Waals surface area contributed by atoms with E-state index >= 15 is 0 Å². The highest BCUT2D eigenvalue weighted by Crippen LogP contribution is 2.81.